The van der Waals surface area contributed by atoms with E-state index in [9.17, 15) is 19.8 Å². The van der Waals surface area contributed by atoms with Crippen molar-refractivity contribution in [3.8, 4) is 5.75 Å². The third-order valence-corrected chi connectivity index (χ3v) is 7.49. The van der Waals surface area contributed by atoms with Gasteiger partial charge in [-0.3, -0.25) is 9.59 Å². The largest absolute Gasteiger partial charge is 0.508 e. The first-order valence-electron chi connectivity index (χ1n) is 10.7. The zero-order chi connectivity index (χ0) is 21.0. The second-order valence-corrected chi connectivity index (χ2v) is 9.70. The number of rotatable bonds is 4. The molecule has 6 nitrogen and oxygen atoms in total. The second kappa shape index (κ2) is 7.10. The summed E-state index contributed by atoms with van der Waals surface area (Å²) in [6, 6.07) is 4.56. The molecule has 1 saturated carbocycles. The van der Waals surface area contributed by atoms with Crippen molar-refractivity contribution in [1.29, 1.82) is 0 Å². The van der Waals surface area contributed by atoms with Gasteiger partial charge in [0.05, 0.1) is 11.6 Å². The Kier molecular flexibility index (Phi) is 4.98. The molecule has 2 aliphatic carbocycles. The number of carbonyl (C=O) groups excluding carboxylic acids is 2. The zero-order valence-corrected chi connectivity index (χ0v) is 17.6. The molecule has 0 aromatic heterocycles. The fourth-order valence-electron chi connectivity index (χ4n) is 5.84. The highest BCUT2D eigenvalue weighted by atomic mass is 16.3. The number of likely N-dealkylation sites (N-methyl/N-ethyl adjacent to an activating group) is 1. The summed E-state index contributed by atoms with van der Waals surface area (Å²) in [5.74, 6) is 0.441. The molecule has 0 spiro atoms. The van der Waals surface area contributed by atoms with Crippen LogP contribution in [-0.4, -0.2) is 58.1 Å². The molecule has 1 aliphatic heterocycles. The molecule has 1 saturated heterocycles. The molecule has 29 heavy (non-hydrogen) atoms. The van der Waals surface area contributed by atoms with E-state index in [4.69, 9.17) is 0 Å². The molecule has 6 heteroatoms. The number of aliphatic hydroxyl groups is 1. The minimum absolute atomic E-state index is 0.0212. The first-order valence-corrected chi connectivity index (χ1v) is 10.7. The van der Waals surface area contributed by atoms with Gasteiger partial charge in [0.25, 0.3) is 0 Å². The van der Waals surface area contributed by atoms with Crippen LogP contribution in [0.3, 0.4) is 0 Å². The number of phenolic OH excluding ortho intramolecular Hbond substituents is 1. The standard InChI is InChI=1S/C23H32N2O4/c1-14(2)4-7-21(28)24-18-12-23(29)20-10-15-5-6-16(26)11-17(15)22(23,13-19(18)27)8-9-25(20)3/h5-6,11,14,18,20,26,29H,4,7-10,12-13H2,1-3H3,(H,24,28). The van der Waals surface area contributed by atoms with Gasteiger partial charge in [0.1, 0.15) is 5.75 Å². The lowest BCUT2D eigenvalue weighted by atomic mass is 9.48. The van der Waals surface area contributed by atoms with Gasteiger partial charge in [0, 0.05) is 30.7 Å². The number of Topliss-reactive ketones (excluding diaryl/α,β-unsaturated/α-hetero) is 1. The van der Waals surface area contributed by atoms with Gasteiger partial charge in [0.2, 0.25) is 5.91 Å². The molecule has 3 aliphatic rings. The Labute approximate surface area is 172 Å². The number of carbonyl (C=O) groups is 2. The number of hydrogen-bond donors (Lipinski definition) is 3. The van der Waals surface area contributed by atoms with Gasteiger partial charge >= 0.3 is 0 Å². The van der Waals surface area contributed by atoms with Gasteiger partial charge in [-0.25, -0.2) is 0 Å². The number of amides is 1. The summed E-state index contributed by atoms with van der Waals surface area (Å²) < 4.78 is 0. The third-order valence-electron chi connectivity index (χ3n) is 7.49. The SMILES string of the molecule is CC(C)CCC(=O)NC1CC2(O)C3Cc4ccc(O)cc4C2(CCN3C)CC1=O. The Morgan fingerprint density at radius 3 is 2.86 bits per heavy atom. The number of hydrogen-bond acceptors (Lipinski definition) is 5. The van der Waals surface area contributed by atoms with E-state index < -0.39 is 17.1 Å². The summed E-state index contributed by atoms with van der Waals surface area (Å²) in [5, 5.41) is 25.1. The van der Waals surface area contributed by atoms with Crippen LogP contribution in [0.2, 0.25) is 0 Å². The molecule has 158 valence electrons. The van der Waals surface area contributed by atoms with Crippen molar-refractivity contribution in [3.63, 3.8) is 0 Å². The minimum atomic E-state index is -1.12. The predicted molar refractivity (Wildman–Crippen MR) is 110 cm³/mol. The molecule has 4 unspecified atom stereocenters. The van der Waals surface area contributed by atoms with E-state index in [1.807, 2.05) is 13.1 Å². The number of ketones is 1. The lowest BCUT2D eigenvalue weighted by molar-refractivity contribution is -0.174. The number of benzene rings is 1. The number of likely N-dealkylation sites (tertiary alicyclic amines) is 1. The highest BCUT2D eigenvalue weighted by Gasteiger charge is 2.66. The van der Waals surface area contributed by atoms with Crippen LogP contribution in [0.1, 0.15) is 57.1 Å². The van der Waals surface area contributed by atoms with E-state index in [2.05, 4.69) is 24.1 Å². The number of nitrogens with zero attached hydrogens (tertiary/aromatic N) is 1. The number of nitrogens with one attached hydrogen (secondary N) is 1. The summed E-state index contributed by atoms with van der Waals surface area (Å²) in [6.45, 7) is 4.93. The van der Waals surface area contributed by atoms with Crippen LogP contribution in [-0.2, 0) is 21.4 Å². The number of fused-ring (bicyclic) bond motifs is 1. The molecule has 2 fully saturated rings. The van der Waals surface area contributed by atoms with Crippen molar-refractivity contribution < 1.29 is 19.8 Å². The van der Waals surface area contributed by atoms with Gasteiger partial charge in [-0.1, -0.05) is 19.9 Å². The highest BCUT2D eigenvalue weighted by Crippen LogP contribution is 2.57. The minimum Gasteiger partial charge on any atom is -0.508 e. The number of piperidine rings is 1. The van der Waals surface area contributed by atoms with Crippen LogP contribution in [0.25, 0.3) is 0 Å². The van der Waals surface area contributed by atoms with E-state index >= 15 is 0 Å². The maximum absolute atomic E-state index is 13.1. The lowest BCUT2D eigenvalue weighted by Gasteiger charge is -2.63. The summed E-state index contributed by atoms with van der Waals surface area (Å²) >= 11 is 0. The van der Waals surface area contributed by atoms with Crippen molar-refractivity contribution in [1.82, 2.24) is 10.2 Å². The van der Waals surface area contributed by atoms with Crippen molar-refractivity contribution in [2.45, 2.75) is 75.5 Å². The molecule has 1 aromatic carbocycles. The van der Waals surface area contributed by atoms with Crippen molar-refractivity contribution in [2.24, 2.45) is 5.92 Å². The van der Waals surface area contributed by atoms with Crippen molar-refractivity contribution in [3.05, 3.63) is 29.3 Å². The maximum Gasteiger partial charge on any atom is 0.220 e. The van der Waals surface area contributed by atoms with Gasteiger partial charge in [-0.2, -0.15) is 0 Å². The van der Waals surface area contributed by atoms with Crippen LogP contribution < -0.4 is 5.32 Å². The summed E-state index contributed by atoms with van der Waals surface area (Å²) in [6.07, 6.45) is 2.92. The monoisotopic (exact) mass is 400 g/mol. The normalized spacial score (nSPS) is 33.9. The van der Waals surface area contributed by atoms with E-state index in [-0.39, 0.29) is 36.3 Å². The Morgan fingerprint density at radius 2 is 2.14 bits per heavy atom. The molecule has 1 aromatic rings. The molecule has 4 rings (SSSR count). The average Bonchev–Trinajstić information content (AvgIpc) is 2.65. The van der Waals surface area contributed by atoms with Crippen molar-refractivity contribution >= 4 is 11.7 Å². The van der Waals surface area contributed by atoms with Crippen LogP contribution in [0.5, 0.6) is 5.75 Å². The van der Waals surface area contributed by atoms with Crippen LogP contribution in [0, 0.1) is 5.92 Å². The summed E-state index contributed by atoms with van der Waals surface area (Å²) in [4.78, 5) is 27.7. The summed E-state index contributed by atoms with van der Waals surface area (Å²) in [7, 11) is 2.02. The fourth-order valence-corrected chi connectivity index (χ4v) is 5.84. The molecule has 1 heterocycles. The molecular formula is C23H32N2O4. The van der Waals surface area contributed by atoms with Gasteiger partial charge in [0.15, 0.2) is 5.78 Å². The van der Waals surface area contributed by atoms with E-state index in [1.54, 1.807) is 12.1 Å². The number of phenols is 1. The first-order chi connectivity index (χ1) is 13.7. The van der Waals surface area contributed by atoms with Crippen LogP contribution in [0.4, 0.5) is 0 Å². The van der Waals surface area contributed by atoms with E-state index in [0.717, 1.165) is 24.1 Å². The second-order valence-electron chi connectivity index (χ2n) is 9.70. The van der Waals surface area contributed by atoms with Crippen LogP contribution >= 0.6 is 0 Å². The highest BCUT2D eigenvalue weighted by molar-refractivity contribution is 5.91. The quantitative estimate of drug-likeness (QED) is 0.718. The van der Waals surface area contributed by atoms with Gasteiger partial charge in [-0.15, -0.1) is 0 Å². The maximum atomic E-state index is 13.1. The predicted octanol–water partition coefficient (Wildman–Crippen LogP) is 1.91. The Hall–Kier alpha value is -1.92. The van der Waals surface area contributed by atoms with Gasteiger partial charge in [-0.05, 0) is 62.0 Å². The Balaban J connectivity index is 1.68. The molecule has 2 bridgehead atoms. The fraction of sp³-hybridized carbons (Fsp3) is 0.652. The topological polar surface area (TPSA) is 89.9 Å². The van der Waals surface area contributed by atoms with Crippen molar-refractivity contribution in [2.75, 3.05) is 13.6 Å². The molecular weight excluding hydrogens is 368 g/mol. The third kappa shape index (κ3) is 3.17. The molecule has 0 radical (unpaired) electrons. The van der Waals surface area contributed by atoms with E-state index in [0.29, 0.717) is 25.2 Å². The number of aromatic hydroxyl groups is 1. The summed E-state index contributed by atoms with van der Waals surface area (Å²) in [5.41, 5.74) is 0.177. The van der Waals surface area contributed by atoms with E-state index in [1.165, 1.54) is 0 Å². The molecule has 3 N–H and O–H groups in total. The molecule has 1 amide bonds. The smallest absolute Gasteiger partial charge is 0.220 e. The Bertz CT molecular complexity index is 838. The van der Waals surface area contributed by atoms with Crippen LogP contribution in [0.15, 0.2) is 18.2 Å². The lowest BCUT2D eigenvalue weighted by Crippen LogP contribution is -2.75. The Morgan fingerprint density at radius 1 is 1.38 bits per heavy atom. The zero-order valence-electron chi connectivity index (χ0n) is 17.6. The molecule has 4 atom stereocenters. The average molecular weight is 401 g/mol. The van der Waals surface area contributed by atoms with Gasteiger partial charge < -0.3 is 20.4 Å². The first kappa shape index (κ1) is 20.4.